The number of unbranched alkanes of at least 4 members (excludes halogenated alkanes) is 1. The smallest absolute Gasteiger partial charge is 0.227 e. The fraction of sp³-hybridized carbons (Fsp3) is 0.394. The van der Waals surface area contributed by atoms with Gasteiger partial charge in [-0.05, 0) is 92.1 Å². The normalized spacial score (nSPS) is 16.4. The van der Waals surface area contributed by atoms with Crippen LogP contribution in [0.3, 0.4) is 0 Å². The summed E-state index contributed by atoms with van der Waals surface area (Å²) in [6.07, 6.45) is 3.58. The minimum atomic E-state index is 0.0804. The Kier molecular flexibility index (Phi) is 7.82. The van der Waals surface area contributed by atoms with Crippen molar-refractivity contribution in [3.8, 4) is 5.75 Å². The highest BCUT2D eigenvalue weighted by atomic mass is 16.5. The Bertz CT molecular complexity index is 1410. The Balaban J connectivity index is 1.25. The number of ether oxygens (including phenoxy) is 1. The molecule has 0 saturated carbocycles. The van der Waals surface area contributed by atoms with Gasteiger partial charge in [-0.1, -0.05) is 44.2 Å². The third kappa shape index (κ3) is 5.47. The van der Waals surface area contributed by atoms with Crippen LogP contribution >= 0.6 is 0 Å². The molecule has 2 atom stereocenters. The average molecular weight is 510 g/mol. The van der Waals surface area contributed by atoms with Crippen LogP contribution in [-0.2, 0) is 11.3 Å². The molecule has 4 aromatic rings. The van der Waals surface area contributed by atoms with E-state index >= 15 is 0 Å². The van der Waals surface area contributed by atoms with Gasteiger partial charge in [0, 0.05) is 31.1 Å². The topological polar surface area (TPSA) is 47.4 Å². The highest BCUT2D eigenvalue weighted by molar-refractivity contribution is 5.96. The summed E-state index contributed by atoms with van der Waals surface area (Å²) in [7, 11) is 0. The summed E-state index contributed by atoms with van der Waals surface area (Å²) in [4.78, 5) is 20.0. The summed E-state index contributed by atoms with van der Waals surface area (Å²) in [6, 6.07) is 23.1. The quantitative estimate of drug-likeness (QED) is 0.207. The molecular formula is C33H39N3O2. The molecule has 2 unspecified atom stereocenters. The monoisotopic (exact) mass is 509 g/mol. The number of anilines is 1. The van der Waals surface area contributed by atoms with E-state index in [0.717, 1.165) is 54.1 Å². The minimum absolute atomic E-state index is 0.0804. The fourth-order valence-electron chi connectivity index (χ4n) is 5.35. The van der Waals surface area contributed by atoms with Gasteiger partial charge < -0.3 is 14.2 Å². The molecular weight excluding hydrogens is 470 g/mol. The number of amides is 1. The number of aromatic nitrogens is 2. The Hall–Kier alpha value is -3.60. The van der Waals surface area contributed by atoms with Crippen LogP contribution in [0.15, 0.2) is 66.7 Å². The molecule has 38 heavy (non-hydrogen) atoms. The highest BCUT2D eigenvalue weighted by Gasteiger charge is 2.34. The van der Waals surface area contributed by atoms with E-state index < -0.39 is 0 Å². The minimum Gasteiger partial charge on any atom is -0.494 e. The molecule has 1 fully saturated rings. The maximum absolute atomic E-state index is 13.1. The van der Waals surface area contributed by atoms with E-state index in [1.807, 2.05) is 11.0 Å². The van der Waals surface area contributed by atoms with E-state index in [1.165, 1.54) is 16.7 Å². The number of para-hydroxylation sites is 2. The SMILES string of the molecule is CCC(C)c1ccc(OCCCCn2c(C3CC(=O)N(c4ccc(C)c(C)c4)C3)nc3ccccc32)cc1. The molecule has 0 spiro atoms. The molecule has 3 aromatic carbocycles. The fourth-order valence-corrected chi connectivity index (χ4v) is 5.35. The number of carbonyl (C=O) groups is 1. The second-order valence-corrected chi connectivity index (χ2v) is 10.7. The second-order valence-electron chi connectivity index (χ2n) is 10.7. The third-order valence-corrected chi connectivity index (χ3v) is 8.08. The van der Waals surface area contributed by atoms with Crippen molar-refractivity contribution in [1.29, 1.82) is 0 Å². The predicted octanol–water partition coefficient (Wildman–Crippen LogP) is 7.55. The zero-order valence-electron chi connectivity index (χ0n) is 23.1. The van der Waals surface area contributed by atoms with Crippen molar-refractivity contribution in [1.82, 2.24) is 9.55 Å². The number of aryl methyl sites for hydroxylation is 3. The second kappa shape index (κ2) is 11.4. The number of imidazole rings is 1. The molecule has 0 aliphatic carbocycles. The molecule has 5 nitrogen and oxygen atoms in total. The van der Waals surface area contributed by atoms with Crippen LogP contribution in [0.1, 0.15) is 73.9 Å². The van der Waals surface area contributed by atoms with Crippen molar-refractivity contribution in [3.63, 3.8) is 0 Å². The lowest BCUT2D eigenvalue weighted by Crippen LogP contribution is -2.24. The summed E-state index contributed by atoms with van der Waals surface area (Å²) in [5.41, 5.74) is 6.93. The van der Waals surface area contributed by atoms with E-state index in [0.29, 0.717) is 25.5 Å². The van der Waals surface area contributed by atoms with E-state index in [1.54, 1.807) is 0 Å². The maximum atomic E-state index is 13.1. The van der Waals surface area contributed by atoms with Crippen molar-refractivity contribution in [2.24, 2.45) is 0 Å². The first-order valence-electron chi connectivity index (χ1n) is 14.0. The first kappa shape index (κ1) is 26.0. The molecule has 5 rings (SSSR count). The van der Waals surface area contributed by atoms with Crippen molar-refractivity contribution in [3.05, 3.63) is 89.2 Å². The first-order valence-corrected chi connectivity index (χ1v) is 14.0. The summed E-state index contributed by atoms with van der Waals surface area (Å²) < 4.78 is 8.36. The van der Waals surface area contributed by atoms with Crippen LogP contribution in [0.2, 0.25) is 0 Å². The van der Waals surface area contributed by atoms with Gasteiger partial charge in [-0.2, -0.15) is 0 Å². The summed E-state index contributed by atoms with van der Waals surface area (Å²) in [5.74, 6) is 2.78. The van der Waals surface area contributed by atoms with Gasteiger partial charge in [-0.15, -0.1) is 0 Å². The number of fused-ring (bicyclic) bond motifs is 1. The number of hydrogen-bond acceptors (Lipinski definition) is 3. The number of nitrogens with zero attached hydrogens (tertiary/aromatic N) is 3. The Morgan fingerprint density at radius 3 is 2.55 bits per heavy atom. The number of carbonyl (C=O) groups excluding carboxylic acids is 1. The Morgan fingerprint density at radius 2 is 1.79 bits per heavy atom. The molecule has 1 aliphatic rings. The largest absolute Gasteiger partial charge is 0.494 e. The summed E-state index contributed by atoms with van der Waals surface area (Å²) in [5, 5.41) is 0. The average Bonchev–Trinajstić information content (AvgIpc) is 3.50. The molecule has 1 amide bonds. The van der Waals surface area contributed by atoms with Crippen LogP contribution < -0.4 is 9.64 Å². The van der Waals surface area contributed by atoms with Crippen LogP contribution in [0.25, 0.3) is 11.0 Å². The van der Waals surface area contributed by atoms with Crippen LogP contribution in [0, 0.1) is 13.8 Å². The van der Waals surface area contributed by atoms with Gasteiger partial charge in [0.05, 0.1) is 17.6 Å². The predicted molar refractivity (Wildman–Crippen MR) is 155 cm³/mol. The van der Waals surface area contributed by atoms with Gasteiger partial charge in [-0.3, -0.25) is 4.79 Å². The van der Waals surface area contributed by atoms with E-state index in [4.69, 9.17) is 9.72 Å². The summed E-state index contributed by atoms with van der Waals surface area (Å²) >= 11 is 0. The van der Waals surface area contributed by atoms with Crippen molar-refractivity contribution in [2.45, 2.75) is 71.8 Å². The lowest BCUT2D eigenvalue weighted by Gasteiger charge is -2.18. The van der Waals surface area contributed by atoms with Gasteiger partial charge >= 0.3 is 0 Å². The number of benzene rings is 3. The first-order chi connectivity index (χ1) is 18.4. The molecule has 0 N–H and O–H groups in total. The highest BCUT2D eigenvalue weighted by Crippen LogP contribution is 2.34. The molecule has 0 bridgehead atoms. The standard InChI is InChI=1S/C33H39N3O2/c1-5-23(2)26-13-16-29(17-14-26)38-19-9-8-18-35-31-11-7-6-10-30(31)34-33(35)27-21-32(37)36(22-27)28-15-12-24(3)25(4)20-28/h6-7,10-17,20,23,27H,5,8-9,18-19,21-22H2,1-4H3. The lowest BCUT2D eigenvalue weighted by atomic mass is 9.99. The molecule has 198 valence electrons. The van der Waals surface area contributed by atoms with Crippen molar-refractivity contribution >= 4 is 22.6 Å². The molecule has 2 heterocycles. The molecule has 1 aromatic heterocycles. The van der Waals surface area contributed by atoms with Crippen molar-refractivity contribution in [2.75, 3.05) is 18.1 Å². The zero-order chi connectivity index (χ0) is 26.6. The number of rotatable bonds is 10. The van der Waals surface area contributed by atoms with Crippen LogP contribution in [0.5, 0.6) is 5.75 Å². The van der Waals surface area contributed by atoms with Gasteiger partial charge in [0.1, 0.15) is 11.6 Å². The molecule has 1 aliphatic heterocycles. The van der Waals surface area contributed by atoms with E-state index in [9.17, 15) is 4.79 Å². The third-order valence-electron chi connectivity index (χ3n) is 8.08. The zero-order valence-corrected chi connectivity index (χ0v) is 23.1. The Morgan fingerprint density at radius 1 is 1.00 bits per heavy atom. The number of hydrogen-bond donors (Lipinski definition) is 0. The maximum Gasteiger partial charge on any atom is 0.227 e. The Labute approximate surface area is 226 Å². The van der Waals surface area contributed by atoms with Gasteiger partial charge in [0.25, 0.3) is 0 Å². The molecule has 1 saturated heterocycles. The van der Waals surface area contributed by atoms with Crippen molar-refractivity contribution < 1.29 is 9.53 Å². The molecule has 0 radical (unpaired) electrons. The van der Waals surface area contributed by atoms with Gasteiger partial charge in [0.2, 0.25) is 5.91 Å². The van der Waals surface area contributed by atoms with Crippen LogP contribution in [0.4, 0.5) is 5.69 Å². The lowest BCUT2D eigenvalue weighted by molar-refractivity contribution is -0.117. The van der Waals surface area contributed by atoms with Crippen LogP contribution in [-0.4, -0.2) is 28.6 Å². The van der Waals surface area contributed by atoms with Gasteiger partial charge in [0.15, 0.2) is 0 Å². The summed E-state index contributed by atoms with van der Waals surface area (Å²) in [6.45, 7) is 10.9. The van der Waals surface area contributed by atoms with E-state index in [-0.39, 0.29) is 11.8 Å². The van der Waals surface area contributed by atoms with Gasteiger partial charge in [-0.25, -0.2) is 4.98 Å². The molecule has 5 heteroatoms. The van der Waals surface area contributed by atoms with E-state index in [2.05, 4.69) is 92.9 Å².